The zero-order valence-corrected chi connectivity index (χ0v) is 8.64. The number of aromatic nitrogens is 2. The first kappa shape index (κ1) is 10.2. The molecule has 0 aliphatic carbocycles. The molecule has 0 saturated carbocycles. The lowest BCUT2D eigenvalue weighted by atomic mass is 10.2. The molecule has 1 atom stereocenters. The lowest BCUT2D eigenvalue weighted by Gasteiger charge is -2.11. The van der Waals surface area contributed by atoms with Crippen LogP contribution in [-0.2, 0) is 22.5 Å². The molecule has 5 heteroatoms. The summed E-state index contributed by atoms with van der Waals surface area (Å²) in [6.07, 6.45) is 3.62. The Labute approximate surface area is 87.7 Å². The number of fused-ring (bicyclic) bond motifs is 1. The average Bonchev–Trinajstić information content (AvgIpc) is 2.70. The maximum Gasteiger partial charge on any atom is 0.341 e. The van der Waals surface area contributed by atoms with Crippen LogP contribution in [-0.4, -0.2) is 27.7 Å². The van der Waals surface area contributed by atoms with Crippen molar-refractivity contribution in [2.24, 2.45) is 0 Å². The third-order valence-corrected chi connectivity index (χ3v) is 2.63. The molecule has 0 aromatic carbocycles. The van der Waals surface area contributed by atoms with Crippen LogP contribution >= 0.6 is 0 Å². The number of rotatable bonds is 2. The number of carbonyl (C=O) groups excluding carboxylic acids is 1. The van der Waals surface area contributed by atoms with Gasteiger partial charge in [0, 0.05) is 19.2 Å². The summed E-state index contributed by atoms with van der Waals surface area (Å²) in [7, 11) is 1.25. The van der Waals surface area contributed by atoms with Gasteiger partial charge in [-0.25, -0.2) is 9.78 Å². The molecule has 15 heavy (non-hydrogen) atoms. The maximum atomic E-state index is 11.1. The van der Waals surface area contributed by atoms with Gasteiger partial charge >= 0.3 is 5.97 Å². The highest BCUT2D eigenvalue weighted by Gasteiger charge is 2.23. The zero-order chi connectivity index (χ0) is 10.8. The molecule has 0 fully saturated rings. The van der Waals surface area contributed by atoms with E-state index < -0.39 is 12.1 Å². The number of methoxy groups -OCH3 is 1. The van der Waals surface area contributed by atoms with Gasteiger partial charge in [0.1, 0.15) is 5.82 Å². The first-order valence-corrected chi connectivity index (χ1v) is 5.04. The van der Waals surface area contributed by atoms with Crippen molar-refractivity contribution in [3.63, 3.8) is 0 Å². The second-order valence-corrected chi connectivity index (χ2v) is 3.66. The van der Waals surface area contributed by atoms with Crippen LogP contribution in [0.15, 0.2) is 6.20 Å². The van der Waals surface area contributed by atoms with Gasteiger partial charge in [-0.15, -0.1) is 0 Å². The van der Waals surface area contributed by atoms with Gasteiger partial charge < -0.3 is 14.4 Å². The molecule has 1 N–H and O–H groups in total. The van der Waals surface area contributed by atoms with Gasteiger partial charge in [-0.3, -0.25) is 0 Å². The van der Waals surface area contributed by atoms with Crippen molar-refractivity contribution >= 4 is 5.97 Å². The molecule has 82 valence electrons. The SMILES string of the molecule is COC(=O)C(O)c1cn2c(n1)CCCC2. The number of aryl methyl sites for hydroxylation is 2. The number of ether oxygens (including phenoxy) is 1. The summed E-state index contributed by atoms with van der Waals surface area (Å²) < 4.78 is 6.45. The molecule has 5 nitrogen and oxygen atoms in total. The van der Waals surface area contributed by atoms with E-state index in [0.29, 0.717) is 5.69 Å². The molecule has 1 aromatic heterocycles. The highest BCUT2D eigenvalue weighted by atomic mass is 16.5. The summed E-state index contributed by atoms with van der Waals surface area (Å²) in [5.41, 5.74) is 0.388. The van der Waals surface area contributed by atoms with Crippen LogP contribution in [0.5, 0.6) is 0 Å². The van der Waals surface area contributed by atoms with Crippen molar-refractivity contribution in [2.75, 3.05) is 7.11 Å². The van der Waals surface area contributed by atoms with Gasteiger partial charge in [0.05, 0.1) is 12.8 Å². The van der Waals surface area contributed by atoms with Crippen molar-refractivity contribution in [3.8, 4) is 0 Å². The van der Waals surface area contributed by atoms with Crippen LogP contribution in [0.2, 0.25) is 0 Å². The van der Waals surface area contributed by atoms with E-state index in [0.717, 1.165) is 31.6 Å². The molecule has 0 bridgehead atoms. The second-order valence-electron chi connectivity index (χ2n) is 3.66. The molecule has 0 amide bonds. The summed E-state index contributed by atoms with van der Waals surface area (Å²) in [6, 6.07) is 0. The minimum Gasteiger partial charge on any atom is -0.467 e. The number of hydrogen-bond acceptors (Lipinski definition) is 4. The lowest BCUT2D eigenvalue weighted by molar-refractivity contribution is -0.150. The molecule has 1 aliphatic rings. The molecule has 2 heterocycles. The number of esters is 1. The maximum absolute atomic E-state index is 11.1. The Morgan fingerprint density at radius 2 is 2.47 bits per heavy atom. The molecule has 0 radical (unpaired) electrons. The Morgan fingerprint density at radius 3 is 3.13 bits per heavy atom. The van der Waals surface area contributed by atoms with E-state index in [1.165, 1.54) is 7.11 Å². The lowest BCUT2D eigenvalue weighted by Crippen LogP contribution is -2.13. The molecule has 1 unspecified atom stereocenters. The first-order valence-electron chi connectivity index (χ1n) is 5.04. The number of aliphatic hydroxyl groups excluding tert-OH is 1. The Kier molecular flexibility index (Phi) is 2.73. The Bertz CT molecular complexity index is 349. The number of hydrogen-bond donors (Lipinski definition) is 1. The monoisotopic (exact) mass is 210 g/mol. The third-order valence-electron chi connectivity index (χ3n) is 2.63. The summed E-state index contributed by atoms with van der Waals surface area (Å²) in [6.45, 7) is 0.913. The van der Waals surface area contributed by atoms with Gasteiger partial charge in [-0.1, -0.05) is 0 Å². The van der Waals surface area contributed by atoms with Crippen molar-refractivity contribution in [2.45, 2.75) is 31.9 Å². The number of carbonyl (C=O) groups is 1. The van der Waals surface area contributed by atoms with Gasteiger partial charge in [0.2, 0.25) is 0 Å². The van der Waals surface area contributed by atoms with E-state index in [4.69, 9.17) is 0 Å². The molecular formula is C10H14N2O3. The smallest absolute Gasteiger partial charge is 0.341 e. The average molecular weight is 210 g/mol. The predicted molar refractivity (Wildman–Crippen MR) is 52.1 cm³/mol. The minimum absolute atomic E-state index is 0.388. The third kappa shape index (κ3) is 1.87. The van der Waals surface area contributed by atoms with Crippen LogP contribution in [0.25, 0.3) is 0 Å². The van der Waals surface area contributed by atoms with Gasteiger partial charge in [0.25, 0.3) is 0 Å². The Balaban J connectivity index is 2.22. The summed E-state index contributed by atoms with van der Waals surface area (Å²) >= 11 is 0. The minimum atomic E-state index is -1.26. The molecule has 2 rings (SSSR count). The molecular weight excluding hydrogens is 196 g/mol. The molecule has 1 aromatic rings. The standard InChI is InChI=1S/C10H14N2O3/c1-15-10(14)9(13)7-6-12-5-3-2-4-8(12)11-7/h6,9,13H,2-5H2,1H3. The van der Waals surface area contributed by atoms with E-state index in [-0.39, 0.29) is 0 Å². The highest BCUT2D eigenvalue weighted by Crippen LogP contribution is 2.19. The van der Waals surface area contributed by atoms with E-state index in [9.17, 15) is 9.90 Å². The van der Waals surface area contributed by atoms with Crippen LogP contribution < -0.4 is 0 Å². The number of imidazole rings is 1. The highest BCUT2D eigenvalue weighted by molar-refractivity contribution is 5.75. The van der Waals surface area contributed by atoms with Gasteiger partial charge in [0.15, 0.2) is 6.10 Å². The quantitative estimate of drug-likeness (QED) is 0.719. The summed E-state index contributed by atoms with van der Waals surface area (Å²) in [4.78, 5) is 15.3. The van der Waals surface area contributed by atoms with Crippen molar-refractivity contribution in [1.29, 1.82) is 0 Å². The first-order chi connectivity index (χ1) is 7.22. The topological polar surface area (TPSA) is 64.3 Å². The fourth-order valence-corrected chi connectivity index (χ4v) is 1.80. The summed E-state index contributed by atoms with van der Waals surface area (Å²) in [5.74, 6) is 0.282. The van der Waals surface area contributed by atoms with Crippen LogP contribution in [0.3, 0.4) is 0 Å². The molecule has 1 aliphatic heterocycles. The predicted octanol–water partition coefficient (Wildman–Crippen LogP) is 0.426. The summed E-state index contributed by atoms with van der Waals surface area (Å²) in [5, 5.41) is 9.59. The van der Waals surface area contributed by atoms with E-state index >= 15 is 0 Å². The number of aliphatic hydroxyl groups is 1. The van der Waals surface area contributed by atoms with Crippen molar-refractivity contribution < 1.29 is 14.6 Å². The Morgan fingerprint density at radius 1 is 1.67 bits per heavy atom. The molecule has 0 spiro atoms. The van der Waals surface area contributed by atoms with Crippen LogP contribution in [0, 0.1) is 0 Å². The van der Waals surface area contributed by atoms with Crippen LogP contribution in [0.1, 0.15) is 30.5 Å². The Hall–Kier alpha value is -1.36. The normalized spacial score (nSPS) is 16.9. The van der Waals surface area contributed by atoms with Crippen LogP contribution in [0.4, 0.5) is 0 Å². The van der Waals surface area contributed by atoms with Crippen molar-refractivity contribution in [3.05, 3.63) is 17.7 Å². The fourth-order valence-electron chi connectivity index (χ4n) is 1.80. The van der Waals surface area contributed by atoms with E-state index in [1.807, 2.05) is 4.57 Å². The fraction of sp³-hybridized carbons (Fsp3) is 0.600. The van der Waals surface area contributed by atoms with E-state index in [2.05, 4.69) is 9.72 Å². The zero-order valence-electron chi connectivity index (χ0n) is 8.64. The van der Waals surface area contributed by atoms with Gasteiger partial charge in [-0.2, -0.15) is 0 Å². The van der Waals surface area contributed by atoms with E-state index in [1.54, 1.807) is 6.20 Å². The molecule has 0 saturated heterocycles. The van der Waals surface area contributed by atoms with Gasteiger partial charge in [-0.05, 0) is 12.8 Å². The van der Waals surface area contributed by atoms with Crippen molar-refractivity contribution in [1.82, 2.24) is 9.55 Å². The second kappa shape index (κ2) is 4.02. The number of nitrogens with zero attached hydrogens (tertiary/aromatic N) is 2. The largest absolute Gasteiger partial charge is 0.467 e.